The Kier molecular flexibility index (Phi) is 6.55. The fourth-order valence-electron chi connectivity index (χ4n) is 4.70. The maximum absolute atomic E-state index is 12.4. The highest BCUT2D eigenvalue weighted by Gasteiger charge is 2.32. The van der Waals surface area contributed by atoms with Crippen LogP contribution in [0.25, 0.3) is 0 Å². The lowest BCUT2D eigenvalue weighted by Gasteiger charge is -2.40. The molecule has 146 valence electrons. The largest absolute Gasteiger partial charge is 0.300 e. The number of nitrogens with zero attached hydrogens (tertiary/aromatic N) is 3. The summed E-state index contributed by atoms with van der Waals surface area (Å²) in [5, 5.41) is 4.61. The number of ketones is 1. The van der Waals surface area contributed by atoms with Gasteiger partial charge in [0.05, 0.1) is 12.2 Å². The van der Waals surface area contributed by atoms with Crippen LogP contribution in [0.1, 0.15) is 90.2 Å². The molecule has 1 atom stereocenters. The van der Waals surface area contributed by atoms with Gasteiger partial charge in [-0.1, -0.05) is 27.7 Å². The zero-order valence-corrected chi connectivity index (χ0v) is 17.2. The third kappa shape index (κ3) is 4.39. The number of piperidine rings is 1. The van der Waals surface area contributed by atoms with Crippen molar-refractivity contribution in [1.29, 1.82) is 0 Å². The van der Waals surface area contributed by atoms with Crippen LogP contribution in [0, 0.1) is 11.8 Å². The zero-order chi connectivity index (χ0) is 18.7. The lowest BCUT2D eigenvalue weighted by atomic mass is 9.79. The highest BCUT2D eigenvalue weighted by molar-refractivity contribution is 5.83. The molecular formula is C22H37N3O. The highest BCUT2D eigenvalue weighted by Crippen LogP contribution is 2.33. The number of carbonyl (C=O) groups excluding carboxylic acids is 1. The molecule has 0 radical (unpaired) electrons. The molecule has 1 aliphatic heterocycles. The van der Waals surface area contributed by atoms with Gasteiger partial charge in [0.1, 0.15) is 5.78 Å². The predicted octanol–water partition coefficient (Wildman–Crippen LogP) is 4.82. The van der Waals surface area contributed by atoms with E-state index in [9.17, 15) is 4.79 Å². The number of rotatable bonds is 6. The van der Waals surface area contributed by atoms with Gasteiger partial charge in [0.25, 0.3) is 0 Å². The summed E-state index contributed by atoms with van der Waals surface area (Å²) in [6.07, 6.45) is 12.3. The molecule has 2 aliphatic rings. The van der Waals surface area contributed by atoms with Crippen molar-refractivity contribution < 1.29 is 4.79 Å². The van der Waals surface area contributed by atoms with Crippen LogP contribution in [0.2, 0.25) is 0 Å². The first kappa shape index (κ1) is 19.6. The second kappa shape index (κ2) is 8.69. The molecule has 0 aromatic carbocycles. The first-order valence-electron chi connectivity index (χ1n) is 10.8. The minimum absolute atomic E-state index is 0.247. The molecule has 26 heavy (non-hydrogen) atoms. The molecule has 4 heteroatoms. The molecule has 0 amide bonds. The summed E-state index contributed by atoms with van der Waals surface area (Å²) in [7, 11) is 0. The van der Waals surface area contributed by atoms with Crippen LogP contribution in [-0.4, -0.2) is 39.6 Å². The summed E-state index contributed by atoms with van der Waals surface area (Å²) in [4.78, 5) is 15.1. The highest BCUT2D eigenvalue weighted by atomic mass is 16.1. The monoisotopic (exact) mass is 359 g/mol. The quantitative estimate of drug-likeness (QED) is 0.731. The van der Waals surface area contributed by atoms with Gasteiger partial charge < -0.3 is 4.90 Å². The maximum Gasteiger partial charge on any atom is 0.138 e. The van der Waals surface area contributed by atoms with Crippen molar-refractivity contribution in [2.24, 2.45) is 11.8 Å². The van der Waals surface area contributed by atoms with Crippen molar-refractivity contribution in [3.63, 3.8) is 0 Å². The van der Waals surface area contributed by atoms with E-state index in [0.29, 0.717) is 29.7 Å². The van der Waals surface area contributed by atoms with Crippen molar-refractivity contribution >= 4 is 5.78 Å². The maximum atomic E-state index is 12.4. The van der Waals surface area contributed by atoms with E-state index in [1.54, 1.807) is 0 Å². The zero-order valence-electron chi connectivity index (χ0n) is 17.2. The fourth-order valence-corrected chi connectivity index (χ4v) is 4.70. The topological polar surface area (TPSA) is 38.1 Å². The normalized spacial score (nSPS) is 27.0. The predicted molar refractivity (Wildman–Crippen MR) is 106 cm³/mol. The Morgan fingerprint density at radius 2 is 1.73 bits per heavy atom. The molecule has 3 rings (SSSR count). The third-order valence-electron chi connectivity index (χ3n) is 6.87. The molecule has 1 aromatic heterocycles. The number of hydrogen-bond donors (Lipinski definition) is 0. The van der Waals surface area contributed by atoms with Crippen molar-refractivity contribution in [3.05, 3.63) is 18.0 Å². The van der Waals surface area contributed by atoms with Gasteiger partial charge in [-0.25, -0.2) is 0 Å². The van der Waals surface area contributed by atoms with Gasteiger partial charge in [0, 0.05) is 37.2 Å². The fraction of sp³-hybridized carbons (Fsp3) is 0.818. The van der Waals surface area contributed by atoms with Crippen molar-refractivity contribution in [2.75, 3.05) is 13.1 Å². The minimum Gasteiger partial charge on any atom is -0.300 e. The van der Waals surface area contributed by atoms with E-state index in [1.165, 1.54) is 44.3 Å². The summed E-state index contributed by atoms with van der Waals surface area (Å²) in [6.45, 7) is 11.0. The Labute approximate surface area is 159 Å². The van der Waals surface area contributed by atoms with Gasteiger partial charge in [-0.2, -0.15) is 5.10 Å². The SMILES string of the molecule is CCC(C)C(=O)[C@H]1CC[C@@H](N2CCC(n3cc(C(C)C)cn3)CC2)CC1. The van der Waals surface area contributed by atoms with E-state index < -0.39 is 0 Å². The Balaban J connectivity index is 1.46. The lowest BCUT2D eigenvalue weighted by molar-refractivity contribution is -0.127. The molecule has 0 bridgehead atoms. The van der Waals surface area contributed by atoms with E-state index in [4.69, 9.17) is 0 Å². The molecular weight excluding hydrogens is 322 g/mol. The van der Waals surface area contributed by atoms with Crippen LogP contribution in [0.3, 0.4) is 0 Å². The Morgan fingerprint density at radius 3 is 2.27 bits per heavy atom. The molecule has 1 saturated carbocycles. The Hall–Kier alpha value is -1.16. The molecule has 1 saturated heterocycles. The number of Topliss-reactive ketones (excluding diaryl/α,β-unsaturated/α-hetero) is 1. The van der Waals surface area contributed by atoms with Crippen LogP contribution < -0.4 is 0 Å². The van der Waals surface area contributed by atoms with E-state index in [2.05, 4.69) is 48.6 Å². The van der Waals surface area contributed by atoms with E-state index >= 15 is 0 Å². The van der Waals surface area contributed by atoms with Gasteiger partial charge in [-0.3, -0.25) is 9.48 Å². The molecule has 2 heterocycles. The molecule has 0 N–H and O–H groups in total. The van der Waals surface area contributed by atoms with Gasteiger partial charge in [-0.15, -0.1) is 0 Å². The van der Waals surface area contributed by atoms with Crippen LogP contribution >= 0.6 is 0 Å². The standard InChI is InChI=1S/C22H37N3O/c1-5-17(4)22(26)18-6-8-20(9-7-18)24-12-10-21(11-13-24)25-15-19(14-23-25)16(2)3/h14-18,20-21H,5-13H2,1-4H3/t17?,18-,20+. The smallest absolute Gasteiger partial charge is 0.138 e. The Morgan fingerprint density at radius 1 is 1.08 bits per heavy atom. The molecule has 1 aliphatic carbocycles. The van der Waals surface area contributed by atoms with Crippen LogP contribution in [0.5, 0.6) is 0 Å². The second-order valence-corrected chi connectivity index (χ2v) is 8.89. The molecule has 2 fully saturated rings. The summed E-state index contributed by atoms with van der Waals surface area (Å²) < 4.78 is 2.20. The number of likely N-dealkylation sites (tertiary alicyclic amines) is 1. The van der Waals surface area contributed by atoms with E-state index in [-0.39, 0.29) is 5.92 Å². The number of carbonyl (C=O) groups is 1. The first-order valence-corrected chi connectivity index (χ1v) is 10.8. The van der Waals surface area contributed by atoms with Crippen molar-refractivity contribution in [2.45, 2.75) is 90.6 Å². The van der Waals surface area contributed by atoms with Crippen LogP contribution in [-0.2, 0) is 4.79 Å². The van der Waals surface area contributed by atoms with E-state index in [0.717, 1.165) is 19.3 Å². The van der Waals surface area contributed by atoms with Gasteiger partial charge in [-0.05, 0) is 56.4 Å². The second-order valence-electron chi connectivity index (χ2n) is 8.89. The minimum atomic E-state index is 0.247. The third-order valence-corrected chi connectivity index (χ3v) is 6.87. The molecule has 4 nitrogen and oxygen atoms in total. The van der Waals surface area contributed by atoms with Crippen molar-refractivity contribution in [3.8, 4) is 0 Å². The summed E-state index contributed by atoms with van der Waals surface area (Å²) in [5.41, 5.74) is 1.34. The summed E-state index contributed by atoms with van der Waals surface area (Å²) in [6, 6.07) is 1.25. The summed E-state index contributed by atoms with van der Waals surface area (Å²) >= 11 is 0. The average Bonchev–Trinajstić information content (AvgIpc) is 3.17. The average molecular weight is 360 g/mol. The van der Waals surface area contributed by atoms with Gasteiger partial charge in [0.15, 0.2) is 0 Å². The summed E-state index contributed by atoms with van der Waals surface area (Å²) in [5.74, 6) is 1.65. The Bertz CT molecular complexity index is 578. The van der Waals surface area contributed by atoms with Gasteiger partial charge in [0.2, 0.25) is 0 Å². The first-order chi connectivity index (χ1) is 12.5. The van der Waals surface area contributed by atoms with Crippen molar-refractivity contribution in [1.82, 2.24) is 14.7 Å². The van der Waals surface area contributed by atoms with Crippen LogP contribution in [0.4, 0.5) is 0 Å². The lowest BCUT2D eigenvalue weighted by Crippen LogP contribution is -2.44. The van der Waals surface area contributed by atoms with Gasteiger partial charge >= 0.3 is 0 Å². The number of hydrogen-bond acceptors (Lipinski definition) is 3. The van der Waals surface area contributed by atoms with E-state index in [1.807, 2.05) is 6.20 Å². The molecule has 1 aromatic rings. The molecule has 1 unspecified atom stereocenters. The molecule has 0 spiro atoms. The number of aromatic nitrogens is 2. The van der Waals surface area contributed by atoms with Crippen LogP contribution in [0.15, 0.2) is 12.4 Å².